The lowest BCUT2D eigenvalue weighted by Gasteiger charge is -2.22. The van der Waals surface area contributed by atoms with E-state index in [1.807, 2.05) is 0 Å². The summed E-state index contributed by atoms with van der Waals surface area (Å²) in [7, 11) is 0. The Labute approximate surface area is 117 Å². The number of hydrogen-bond donors (Lipinski definition) is 1. The van der Waals surface area contributed by atoms with Crippen LogP contribution in [0, 0.1) is 0 Å². The first kappa shape index (κ1) is 14.4. The van der Waals surface area contributed by atoms with Crippen LogP contribution in [0.15, 0.2) is 18.2 Å². The third-order valence-electron chi connectivity index (χ3n) is 3.88. The van der Waals surface area contributed by atoms with Gasteiger partial charge in [-0.05, 0) is 43.0 Å². The van der Waals surface area contributed by atoms with Crippen molar-refractivity contribution in [2.24, 2.45) is 0 Å². The van der Waals surface area contributed by atoms with Crippen molar-refractivity contribution in [1.82, 2.24) is 5.32 Å². The second-order valence-electron chi connectivity index (χ2n) is 5.43. The molecule has 1 heterocycles. The van der Waals surface area contributed by atoms with Crippen LogP contribution in [0.5, 0.6) is 5.75 Å². The van der Waals surface area contributed by atoms with E-state index in [1.54, 1.807) is 0 Å². The van der Waals surface area contributed by atoms with Crippen LogP contribution in [0.1, 0.15) is 63.1 Å². The number of fused-ring (bicyclic) bond motifs is 1. The number of unbranched alkanes of at least 4 members (excludes halogenated alkanes) is 2. The van der Waals surface area contributed by atoms with Crippen LogP contribution in [0.2, 0.25) is 0 Å². The first-order valence-corrected chi connectivity index (χ1v) is 7.84. The zero-order valence-electron chi connectivity index (χ0n) is 12.4. The second-order valence-corrected chi connectivity index (χ2v) is 5.43. The zero-order chi connectivity index (χ0) is 13.5. The highest BCUT2D eigenvalue weighted by atomic mass is 16.5. The van der Waals surface area contributed by atoms with Crippen molar-refractivity contribution in [1.29, 1.82) is 0 Å². The van der Waals surface area contributed by atoms with Crippen molar-refractivity contribution >= 4 is 0 Å². The van der Waals surface area contributed by atoms with Crippen LogP contribution in [0.4, 0.5) is 0 Å². The molecule has 2 nitrogen and oxygen atoms in total. The number of nitrogens with one attached hydrogen (secondary N) is 1. The van der Waals surface area contributed by atoms with Crippen LogP contribution in [-0.2, 0) is 6.42 Å². The van der Waals surface area contributed by atoms with Gasteiger partial charge in [0.2, 0.25) is 0 Å². The van der Waals surface area contributed by atoms with Crippen LogP contribution in [0.25, 0.3) is 0 Å². The second kappa shape index (κ2) is 7.54. The summed E-state index contributed by atoms with van der Waals surface area (Å²) in [5.41, 5.74) is 2.82. The van der Waals surface area contributed by atoms with E-state index in [2.05, 4.69) is 37.4 Å². The maximum atomic E-state index is 5.70. The Morgan fingerprint density at radius 2 is 2.16 bits per heavy atom. The molecule has 1 aliphatic heterocycles. The minimum Gasteiger partial charge on any atom is -0.493 e. The molecule has 0 fully saturated rings. The van der Waals surface area contributed by atoms with Gasteiger partial charge in [0.05, 0.1) is 6.61 Å². The normalized spacial score (nSPS) is 15.7. The van der Waals surface area contributed by atoms with E-state index in [1.165, 1.54) is 36.8 Å². The van der Waals surface area contributed by atoms with Crippen molar-refractivity contribution in [3.63, 3.8) is 0 Å². The van der Waals surface area contributed by atoms with E-state index in [9.17, 15) is 0 Å². The summed E-state index contributed by atoms with van der Waals surface area (Å²) in [6.07, 6.45) is 7.48. The maximum Gasteiger partial charge on any atom is 0.122 e. The van der Waals surface area contributed by atoms with Gasteiger partial charge in [0.15, 0.2) is 0 Å². The molecule has 1 aromatic rings. The molecule has 1 aliphatic rings. The van der Waals surface area contributed by atoms with E-state index in [-0.39, 0.29) is 0 Å². The largest absolute Gasteiger partial charge is 0.493 e. The molecule has 106 valence electrons. The topological polar surface area (TPSA) is 21.3 Å². The third-order valence-corrected chi connectivity index (χ3v) is 3.88. The quantitative estimate of drug-likeness (QED) is 0.741. The molecule has 0 amide bonds. The summed E-state index contributed by atoms with van der Waals surface area (Å²) < 4.78 is 5.70. The molecule has 0 bridgehead atoms. The summed E-state index contributed by atoms with van der Waals surface area (Å²) in [6.45, 7) is 6.36. The molecule has 1 aromatic carbocycles. The first-order valence-electron chi connectivity index (χ1n) is 7.84. The molecule has 2 heteroatoms. The van der Waals surface area contributed by atoms with Gasteiger partial charge in [-0.3, -0.25) is 0 Å². The Hall–Kier alpha value is -1.02. The van der Waals surface area contributed by atoms with Gasteiger partial charge in [-0.15, -0.1) is 0 Å². The van der Waals surface area contributed by atoms with Gasteiger partial charge in [-0.1, -0.05) is 45.2 Å². The number of benzene rings is 1. The van der Waals surface area contributed by atoms with Crippen molar-refractivity contribution in [2.75, 3.05) is 13.2 Å². The molecule has 1 unspecified atom stereocenters. The predicted octanol–water partition coefficient (Wildman–Crippen LogP) is 4.24. The van der Waals surface area contributed by atoms with Crippen molar-refractivity contribution in [2.45, 2.75) is 58.4 Å². The first-order chi connectivity index (χ1) is 9.35. The van der Waals surface area contributed by atoms with E-state index in [0.717, 1.165) is 31.7 Å². The van der Waals surface area contributed by atoms with Gasteiger partial charge < -0.3 is 10.1 Å². The minimum absolute atomic E-state index is 0.503. The molecule has 2 rings (SSSR count). The SMILES string of the molecule is CCCCCC(NCC)c1ccc2c(c1)CCCO2. The monoisotopic (exact) mass is 261 g/mol. The molecule has 0 spiro atoms. The van der Waals surface area contributed by atoms with Crippen LogP contribution >= 0.6 is 0 Å². The van der Waals surface area contributed by atoms with Crippen LogP contribution < -0.4 is 10.1 Å². The smallest absolute Gasteiger partial charge is 0.122 e. The van der Waals surface area contributed by atoms with Gasteiger partial charge in [0.25, 0.3) is 0 Å². The molecule has 0 radical (unpaired) electrons. The molecule has 19 heavy (non-hydrogen) atoms. The lowest BCUT2D eigenvalue weighted by molar-refractivity contribution is 0.288. The number of hydrogen-bond acceptors (Lipinski definition) is 2. The van der Waals surface area contributed by atoms with Crippen LogP contribution in [-0.4, -0.2) is 13.2 Å². The molecule has 0 aliphatic carbocycles. The molecule has 0 aromatic heterocycles. The van der Waals surface area contributed by atoms with Crippen LogP contribution in [0.3, 0.4) is 0 Å². The molecule has 1 N–H and O–H groups in total. The molecular weight excluding hydrogens is 234 g/mol. The summed E-state index contributed by atoms with van der Waals surface area (Å²) in [4.78, 5) is 0. The maximum absolute atomic E-state index is 5.70. The summed E-state index contributed by atoms with van der Waals surface area (Å²) in [5.74, 6) is 1.10. The van der Waals surface area contributed by atoms with Gasteiger partial charge in [-0.2, -0.15) is 0 Å². The van der Waals surface area contributed by atoms with E-state index < -0.39 is 0 Å². The minimum atomic E-state index is 0.503. The molecule has 1 atom stereocenters. The van der Waals surface area contributed by atoms with E-state index >= 15 is 0 Å². The van der Waals surface area contributed by atoms with E-state index in [0.29, 0.717) is 6.04 Å². The fourth-order valence-electron chi connectivity index (χ4n) is 2.83. The van der Waals surface area contributed by atoms with Crippen molar-refractivity contribution in [3.05, 3.63) is 29.3 Å². The standard InChI is InChI=1S/C17H27NO/c1-3-5-6-9-16(18-4-2)14-10-11-17-15(13-14)8-7-12-19-17/h10-11,13,16,18H,3-9,12H2,1-2H3. The highest BCUT2D eigenvalue weighted by molar-refractivity contribution is 5.39. The predicted molar refractivity (Wildman–Crippen MR) is 80.8 cm³/mol. The van der Waals surface area contributed by atoms with Gasteiger partial charge >= 0.3 is 0 Å². The summed E-state index contributed by atoms with van der Waals surface area (Å²) in [6, 6.07) is 7.26. The van der Waals surface area contributed by atoms with Gasteiger partial charge in [-0.25, -0.2) is 0 Å². The van der Waals surface area contributed by atoms with Crippen molar-refractivity contribution in [3.8, 4) is 5.75 Å². The van der Waals surface area contributed by atoms with E-state index in [4.69, 9.17) is 4.74 Å². The highest BCUT2D eigenvalue weighted by Gasteiger charge is 2.15. The number of aryl methyl sites for hydroxylation is 1. The van der Waals surface area contributed by atoms with Crippen molar-refractivity contribution < 1.29 is 4.74 Å². The Bertz CT molecular complexity index is 389. The molecule has 0 saturated carbocycles. The summed E-state index contributed by atoms with van der Waals surface area (Å²) in [5, 5.41) is 3.62. The highest BCUT2D eigenvalue weighted by Crippen LogP contribution is 2.29. The lowest BCUT2D eigenvalue weighted by Crippen LogP contribution is -2.21. The zero-order valence-corrected chi connectivity index (χ0v) is 12.4. The molecular formula is C17H27NO. The Kier molecular flexibility index (Phi) is 5.71. The lowest BCUT2D eigenvalue weighted by atomic mass is 9.96. The number of ether oxygens (including phenoxy) is 1. The fourth-order valence-corrected chi connectivity index (χ4v) is 2.83. The Balaban J connectivity index is 2.07. The molecule has 0 saturated heterocycles. The Morgan fingerprint density at radius 3 is 2.95 bits per heavy atom. The van der Waals surface area contributed by atoms with Gasteiger partial charge in [0, 0.05) is 6.04 Å². The number of rotatable bonds is 7. The Morgan fingerprint density at radius 1 is 1.26 bits per heavy atom. The van der Waals surface area contributed by atoms with Gasteiger partial charge in [0.1, 0.15) is 5.75 Å². The average Bonchev–Trinajstić information content (AvgIpc) is 2.46. The third kappa shape index (κ3) is 3.97. The summed E-state index contributed by atoms with van der Waals surface area (Å²) >= 11 is 0. The fraction of sp³-hybridized carbons (Fsp3) is 0.647. The average molecular weight is 261 g/mol.